The van der Waals surface area contributed by atoms with Gasteiger partial charge in [-0.15, -0.1) is 0 Å². The minimum Gasteiger partial charge on any atom is -0.457 e. The maximum Gasteiger partial charge on any atom is 0.354 e. The molecule has 2 aliphatic rings. The van der Waals surface area contributed by atoms with Gasteiger partial charge in [0.05, 0.1) is 24.3 Å². The van der Waals surface area contributed by atoms with Crippen molar-refractivity contribution in [3.63, 3.8) is 0 Å². The maximum atomic E-state index is 5.81. The molecule has 36 heavy (non-hydrogen) atoms. The monoisotopic (exact) mass is 472 g/mol. The highest BCUT2D eigenvalue weighted by Crippen LogP contribution is 2.16. The van der Waals surface area contributed by atoms with E-state index in [0.29, 0.717) is 0 Å². The van der Waals surface area contributed by atoms with E-state index >= 15 is 0 Å². The van der Waals surface area contributed by atoms with Crippen molar-refractivity contribution in [2.75, 3.05) is 0 Å². The molecule has 5 rings (SSSR count). The Kier molecular flexibility index (Phi) is 7.26. The lowest BCUT2D eigenvalue weighted by Crippen LogP contribution is -1.59. The first-order valence-electron chi connectivity index (χ1n) is 11.6. The SMILES string of the molecule is C1=Cc2ccc3ccc(ccccccc4[o+]c(ccc5ccc(ccccccc1[o+]2)o5)C=C4)o3. The van der Waals surface area contributed by atoms with Gasteiger partial charge < -0.3 is 8.83 Å². The molecule has 0 fully saturated rings. The lowest BCUT2D eigenvalue weighted by molar-refractivity contribution is 0.543. The molecule has 0 saturated carbocycles. The van der Waals surface area contributed by atoms with Crippen LogP contribution in [0.5, 0.6) is 0 Å². The average molecular weight is 473 g/mol. The average Bonchev–Trinajstić information content (AvgIpc) is 3.69. The van der Waals surface area contributed by atoms with Crippen LogP contribution in [-0.4, -0.2) is 0 Å². The molecule has 0 N–H and O–H groups in total. The maximum absolute atomic E-state index is 5.81. The summed E-state index contributed by atoms with van der Waals surface area (Å²) >= 11 is 0. The van der Waals surface area contributed by atoms with E-state index < -0.39 is 0 Å². The van der Waals surface area contributed by atoms with E-state index in [-0.39, 0.29) is 0 Å². The standard InChI is InChI=1S/C32H24O4/c1-2-6-10-26-14-18-30(34-26)23-24-32-20-16-28(36-32)12-8-4-3-7-11-27-15-19-31(35-27)22-21-29-17-13-25(33-29)9-5-1/h1-24H/q+2. The van der Waals surface area contributed by atoms with E-state index in [9.17, 15) is 0 Å². The molecule has 0 unspecified atom stereocenters. The van der Waals surface area contributed by atoms with Crippen LogP contribution >= 0.6 is 0 Å². The van der Waals surface area contributed by atoms with E-state index in [2.05, 4.69) is 0 Å². The van der Waals surface area contributed by atoms with Gasteiger partial charge in [0.25, 0.3) is 0 Å². The number of rotatable bonds is 0. The van der Waals surface area contributed by atoms with Crippen LogP contribution in [0.3, 0.4) is 0 Å². The van der Waals surface area contributed by atoms with Crippen LogP contribution in [-0.2, 0) is 0 Å². The van der Waals surface area contributed by atoms with Gasteiger partial charge in [-0.25, -0.2) is 8.83 Å². The molecule has 174 valence electrons. The van der Waals surface area contributed by atoms with Gasteiger partial charge in [-0.05, 0) is 48.5 Å². The summed E-state index contributed by atoms with van der Waals surface area (Å²) in [6.07, 6.45) is 7.70. The fourth-order valence-corrected chi connectivity index (χ4v) is 3.38. The van der Waals surface area contributed by atoms with Gasteiger partial charge in [-0.1, -0.05) is 48.5 Å². The van der Waals surface area contributed by atoms with E-state index in [0.717, 1.165) is 45.4 Å². The molecule has 0 spiro atoms. The minimum absolute atomic E-state index is 0.751. The third-order valence-electron chi connectivity index (χ3n) is 5.12. The van der Waals surface area contributed by atoms with Crippen LogP contribution in [0.25, 0.3) is 46.6 Å². The zero-order chi connectivity index (χ0) is 24.4. The van der Waals surface area contributed by atoms with Crippen molar-refractivity contribution in [2.24, 2.45) is 0 Å². The smallest absolute Gasteiger partial charge is 0.354 e. The van der Waals surface area contributed by atoms with E-state index in [4.69, 9.17) is 17.7 Å². The molecule has 0 radical (unpaired) electrons. The third kappa shape index (κ3) is 6.55. The summed E-state index contributed by atoms with van der Waals surface area (Å²) in [6.45, 7) is 0. The van der Waals surface area contributed by atoms with Gasteiger partial charge in [0, 0.05) is 24.3 Å². The lowest BCUT2D eigenvalue weighted by Gasteiger charge is -1.76. The number of furan rings is 2. The summed E-state index contributed by atoms with van der Waals surface area (Å²) in [6, 6.07) is 38.3. The Bertz CT molecular complexity index is 1530. The quantitative estimate of drug-likeness (QED) is 0.211. The van der Waals surface area contributed by atoms with Crippen molar-refractivity contribution in [1.29, 1.82) is 0 Å². The lowest BCUT2D eigenvalue weighted by atomic mass is 10.3. The van der Waals surface area contributed by atoms with Gasteiger partial charge >= 0.3 is 23.0 Å². The Balaban J connectivity index is 1.53. The highest BCUT2D eigenvalue weighted by molar-refractivity contribution is 5.68. The molecule has 4 nitrogen and oxygen atoms in total. The second-order valence-electron chi connectivity index (χ2n) is 7.83. The molecule has 3 aromatic rings. The van der Waals surface area contributed by atoms with Crippen LogP contribution in [0, 0.1) is 0 Å². The third-order valence-corrected chi connectivity index (χ3v) is 5.12. The summed E-state index contributed by atoms with van der Waals surface area (Å²) < 4.78 is 23.3. The molecule has 0 saturated heterocycles. The minimum atomic E-state index is 0.751. The Labute approximate surface area is 208 Å². The Hall–Kier alpha value is -4.96. The highest BCUT2D eigenvalue weighted by Gasteiger charge is 2.11. The molecular weight excluding hydrogens is 448 g/mol. The molecule has 0 aliphatic carbocycles. The Morgan fingerprint density at radius 2 is 0.611 bits per heavy atom. The first kappa shape index (κ1) is 22.8. The molecule has 5 heterocycles. The topological polar surface area (TPSA) is 48.9 Å². The summed E-state index contributed by atoms with van der Waals surface area (Å²) in [5, 5.41) is 0. The predicted molar refractivity (Wildman–Crippen MR) is 145 cm³/mol. The molecule has 8 bridgehead atoms. The zero-order valence-corrected chi connectivity index (χ0v) is 19.5. The molecule has 0 atom stereocenters. The van der Waals surface area contributed by atoms with Crippen molar-refractivity contribution >= 4 is 46.6 Å². The summed E-state index contributed by atoms with van der Waals surface area (Å²) in [5.74, 6) is 3.04. The summed E-state index contributed by atoms with van der Waals surface area (Å²) in [4.78, 5) is 0. The van der Waals surface area contributed by atoms with Crippen molar-refractivity contribution in [1.82, 2.24) is 0 Å². The second kappa shape index (κ2) is 11.4. The highest BCUT2D eigenvalue weighted by atomic mass is 16.3. The Morgan fingerprint density at radius 3 is 1.03 bits per heavy atom. The van der Waals surface area contributed by atoms with Crippen molar-refractivity contribution in [2.45, 2.75) is 0 Å². The summed E-state index contributed by atoms with van der Waals surface area (Å²) in [5.41, 5.74) is 3.04. The van der Waals surface area contributed by atoms with Gasteiger partial charge in [-0.2, -0.15) is 0 Å². The van der Waals surface area contributed by atoms with E-state index in [1.165, 1.54) is 0 Å². The Morgan fingerprint density at radius 1 is 0.306 bits per heavy atom. The molecule has 4 heteroatoms. The first-order chi connectivity index (χ1) is 17.8. The van der Waals surface area contributed by atoms with E-state index in [1.807, 2.05) is 146 Å². The van der Waals surface area contributed by atoms with Gasteiger partial charge in [-0.3, -0.25) is 0 Å². The largest absolute Gasteiger partial charge is 0.457 e. The summed E-state index contributed by atoms with van der Waals surface area (Å²) in [7, 11) is 0. The van der Waals surface area contributed by atoms with Crippen LogP contribution < -0.4 is 0 Å². The second-order valence-corrected chi connectivity index (χ2v) is 7.83. The van der Waals surface area contributed by atoms with Crippen molar-refractivity contribution < 1.29 is 17.7 Å². The molecular formula is C32H24O4+2. The van der Waals surface area contributed by atoms with Crippen molar-refractivity contribution in [3.8, 4) is 0 Å². The van der Waals surface area contributed by atoms with Gasteiger partial charge in [0.1, 0.15) is 22.3 Å². The fraction of sp³-hybridized carbons (Fsp3) is 0. The molecule has 2 aliphatic heterocycles. The number of hydrogen-bond donors (Lipinski definition) is 0. The van der Waals surface area contributed by atoms with Crippen LogP contribution in [0.2, 0.25) is 0 Å². The van der Waals surface area contributed by atoms with Crippen molar-refractivity contribution in [3.05, 3.63) is 144 Å². The van der Waals surface area contributed by atoms with Crippen LogP contribution in [0.15, 0.2) is 139 Å². The van der Waals surface area contributed by atoms with Gasteiger partial charge in [0.2, 0.25) is 0 Å². The molecule has 0 amide bonds. The molecule has 3 aromatic heterocycles. The van der Waals surface area contributed by atoms with E-state index in [1.54, 1.807) is 0 Å². The number of hydrogen-bond acceptors (Lipinski definition) is 2. The zero-order valence-electron chi connectivity index (χ0n) is 19.5. The number of fused-ring (bicyclic) bond motifs is 8. The fourth-order valence-electron chi connectivity index (χ4n) is 3.38. The van der Waals surface area contributed by atoms with Crippen LogP contribution in [0.4, 0.5) is 0 Å². The van der Waals surface area contributed by atoms with Crippen LogP contribution in [0.1, 0.15) is 23.0 Å². The molecule has 0 aromatic carbocycles. The first-order valence-corrected chi connectivity index (χ1v) is 11.6. The normalized spacial score (nSPS) is 11.1. The predicted octanol–water partition coefficient (Wildman–Crippen LogP) is 9.52. The van der Waals surface area contributed by atoms with Gasteiger partial charge in [0.15, 0.2) is 0 Å².